The number of phenolic OH excluding ortho intramolecular Hbond substituents is 1. The Kier molecular flexibility index (Phi) is 3.13. The van der Waals surface area contributed by atoms with Crippen molar-refractivity contribution in [2.75, 3.05) is 18.5 Å². The molecule has 0 atom stereocenters. The number of benzene rings is 1. The highest BCUT2D eigenvalue weighted by molar-refractivity contribution is 5.93. The SMILES string of the molecule is CN(CC(C)(C)O)c1nccc2ccc(O)cc12. The van der Waals surface area contributed by atoms with E-state index in [1.165, 1.54) is 0 Å². The van der Waals surface area contributed by atoms with Crippen LogP contribution in [0.4, 0.5) is 5.82 Å². The lowest BCUT2D eigenvalue weighted by Crippen LogP contribution is -2.36. The third kappa shape index (κ3) is 2.71. The van der Waals surface area contributed by atoms with Gasteiger partial charge in [0.2, 0.25) is 0 Å². The van der Waals surface area contributed by atoms with Crippen molar-refractivity contribution in [3.63, 3.8) is 0 Å². The summed E-state index contributed by atoms with van der Waals surface area (Å²) in [6.07, 6.45) is 1.73. The largest absolute Gasteiger partial charge is 0.508 e. The molecule has 0 spiro atoms. The Morgan fingerprint density at radius 2 is 2.00 bits per heavy atom. The molecule has 4 heteroatoms. The molecule has 2 N–H and O–H groups in total. The molecule has 1 aromatic heterocycles. The van der Waals surface area contributed by atoms with Gasteiger partial charge in [-0.05, 0) is 37.4 Å². The summed E-state index contributed by atoms with van der Waals surface area (Å²) in [7, 11) is 1.88. The van der Waals surface area contributed by atoms with Crippen LogP contribution in [0.3, 0.4) is 0 Å². The van der Waals surface area contributed by atoms with Crippen LogP contribution in [0.1, 0.15) is 13.8 Å². The summed E-state index contributed by atoms with van der Waals surface area (Å²) in [5.74, 6) is 0.971. The molecule has 0 saturated heterocycles. The molecule has 1 heterocycles. The number of fused-ring (bicyclic) bond motifs is 1. The van der Waals surface area contributed by atoms with E-state index in [2.05, 4.69) is 4.98 Å². The second-order valence-electron chi connectivity index (χ2n) is 5.21. The minimum Gasteiger partial charge on any atom is -0.508 e. The summed E-state index contributed by atoms with van der Waals surface area (Å²) < 4.78 is 0. The lowest BCUT2D eigenvalue weighted by atomic mass is 10.1. The van der Waals surface area contributed by atoms with E-state index < -0.39 is 5.60 Å². The van der Waals surface area contributed by atoms with Crippen LogP contribution in [0.2, 0.25) is 0 Å². The van der Waals surface area contributed by atoms with Gasteiger partial charge in [-0.2, -0.15) is 0 Å². The predicted molar refractivity (Wildman–Crippen MR) is 73.0 cm³/mol. The molecule has 0 aliphatic carbocycles. The third-order valence-electron chi connectivity index (χ3n) is 2.71. The van der Waals surface area contributed by atoms with Gasteiger partial charge in [0.15, 0.2) is 0 Å². The molecule has 1 aromatic carbocycles. The van der Waals surface area contributed by atoms with Crippen LogP contribution in [-0.2, 0) is 0 Å². The van der Waals surface area contributed by atoms with Crippen molar-refractivity contribution in [2.45, 2.75) is 19.4 Å². The van der Waals surface area contributed by atoms with Gasteiger partial charge in [0.1, 0.15) is 11.6 Å². The van der Waals surface area contributed by atoms with Gasteiger partial charge in [0.25, 0.3) is 0 Å². The van der Waals surface area contributed by atoms with Crippen molar-refractivity contribution in [2.24, 2.45) is 0 Å². The van der Waals surface area contributed by atoms with Crippen LogP contribution in [0.5, 0.6) is 5.75 Å². The number of aliphatic hydroxyl groups is 1. The molecular weight excluding hydrogens is 228 g/mol. The highest BCUT2D eigenvalue weighted by atomic mass is 16.3. The van der Waals surface area contributed by atoms with Crippen molar-refractivity contribution in [3.8, 4) is 5.75 Å². The Hall–Kier alpha value is -1.81. The van der Waals surface area contributed by atoms with Gasteiger partial charge in [-0.3, -0.25) is 0 Å². The summed E-state index contributed by atoms with van der Waals surface area (Å²) in [5, 5.41) is 21.3. The lowest BCUT2D eigenvalue weighted by Gasteiger charge is -2.27. The van der Waals surface area contributed by atoms with E-state index in [0.717, 1.165) is 16.6 Å². The Morgan fingerprint density at radius 1 is 1.28 bits per heavy atom. The number of rotatable bonds is 3. The number of anilines is 1. The summed E-state index contributed by atoms with van der Waals surface area (Å²) in [6, 6.07) is 7.10. The number of hydrogen-bond acceptors (Lipinski definition) is 4. The van der Waals surface area contributed by atoms with E-state index in [1.54, 1.807) is 32.2 Å². The van der Waals surface area contributed by atoms with Crippen LogP contribution in [-0.4, -0.2) is 34.4 Å². The van der Waals surface area contributed by atoms with Gasteiger partial charge in [-0.25, -0.2) is 4.98 Å². The van der Waals surface area contributed by atoms with E-state index in [0.29, 0.717) is 6.54 Å². The molecule has 0 amide bonds. The first-order valence-corrected chi connectivity index (χ1v) is 5.88. The Balaban J connectivity index is 2.47. The molecule has 2 aromatic rings. The van der Waals surface area contributed by atoms with Gasteiger partial charge in [0, 0.05) is 25.2 Å². The molecule has 2 rings (SSSR count). The predicted octanol–water partition coefficient (Wildman–Crippen LogP) is 2.15. The standard InChI is InChI=1S/C14H18N2O2/c1-14(2,18)9-16(3)13-12-8-11(17)5-4-10(12)6-7-15-13/h4-8,17-18H,9H2,1-3H3. The number of aromatic hydroxyl groups is 1. The van der Waals surface area contributed by atoms with E-state index in [-0.39, 0.29) is 5.75 Å². The lowest BCUT2D eigenvalue weighted by molar-refractivity contribution is 0.0885. The van der Waals surface area contributed by atoms with Gasteiger partial charge < -0.3 is 15.1 Å². The number of pyridine rings is 1. The average molecular weight is 246 g/mol. The smallest absolute Gasteiger partial charge is 0.136 e. The first kappa shape index (κ1) is 12.6. The Bertz CT molecular complexity index is 561. The van der Waals surface area contributed by atoms with Crippen molar-refractivity contribution in [1.82, 2.24) is 4.98 Å². The zero-order valence-electron chi connectivity index (χ0n) is 10.9. The van der Waals surface area contributed by atoms with Gasteiger partial charge in [-0.1, -0.05) is 6.07 Å². The molecule has 4 nitrogen and oxygen atoms in total. The zero-order chi connectivity index (χ0) is 13.3. The van der Waals surface area contributed by atoms with Crippen molar-refractivity contribution >= 4 is 16.6 Å². The van der Waals surface area contributed by atoms with E-state index in [1.807, 2.05) is 24.1 Å². The molecule has 0 unspecified atom stereocenters. The molecule has 0 aliphatic rings. The molecule has 0 radical (unpaired) electrons. The van der Waals surface area contributed by atoms with E-state index in [9.17, 15) is 10.2 Å². The zero-order valence-corrected chi connectivity index (χ0v) is 10.9. The maximum Gasteiger partial charge on any atom is 0.136 e. The van der Waals surface area contributed by atoms with Crippen molar-refractivity contribution < 1.29 is 10.2 Å². The quantitative estimate of drug-likeness (QED) is 0.871. The molecule has 18 heavy (non-hydrogen) atoms. The number of aromatic nitrogens is 1. The number of hydrogen-bond donors (Lipinski definition) is 2. The molecule has 0 bridgehead atoms. The fourth-order valence-electron chi connectivity index (χ4n) is 2.10. The van der Waals surface area contributed by atoms with Gasteiger partial charge in [0.05, 0.1) is 5.60 Å². The first-order valence-electron chi connectivity index (χ1n) is 5.88. The monoisotopic (exact) mass is 246 g/mol. The minimum absolute atomic E-state index is 0.216. The second kappa shape index (κ2) is 4.46. The number of phenols is 1. The highest BCUT2D eigenvalue weighted by Crippen LogP contribution is 2.27. The van der Waals surface area contributed by atoms with Crippen LogP contribution in [0, 0.1) is 0 Å². The molecule has 0 fully saturated rings. The van der Waals surface area contributed by atoms with Gasteiger partial charge >= 0.3 is 0 Å². The second-order valence-corrected chi connectivity index (χ2v) is 5.21. The fraction of sp³-hybridized carbons (Fsp3) is 0.357. The van der Waals surface area contributed by atoms with Crippen LogP contribution in [0.25, 0.3) is 10.8 Å². The van der Waals surface area contributed by atoms with Crippen LogP contribution < -0.4 is 4.90 Å². The van der Waals surface area contributed by atoms with Crippen molar-refractivity contribution in [3.05, 3.63) is 30.5 Å². The Morgan fingerprint density at radius 3 is 2.67 bits per heavy atom. The molecule has 0 saturated carbocycles. The summed E-state index contributed by atoms with van der Waals surface area (Å²) in [4.78, 5) is 6.23. The topological polar surface area (TPSA) is 56.6 Å². The number of nitrogens with zero attached hydrogens (tertiary/aromatic N) is 2. The average Bonchev–Trinajstić information content (AvgIpc) is 2.25. The summed E-state index contributed by atoms with van der Waals surface area (Å²) in [6.45, 7) is 3.98. The fourth-order valence-corrected chi connectivity index (χ4v) is 2.10. The normalized spacial score (nSPS) is 11.8. The summed E-state index contributed by atoms with van der Waals surface area (Å²) >= 11 is 0. The highest BCUT2D eigenvalue weighted by Gasteiger charge is 2.18. The molecule has 96 valence electrons. The summed E-state index contributed by atoms with van der Waals surface area (Å²) in [5.41, 5.74) is -0.796. The maximum absolute atomic E-state index is 9.86. The first-order chi connectivity index (χ1) is 8.37. The number of likely N-dealkylation sites (N-methyl/N-ethyl adjacent to an activating group) is 1. The van der Waals surface area contributed by atoms with Gasteiger partial charge in [-0.15, -0.1) is 0 Å². The van der Waals surface area contributed by atoms with Crippen molar-refractivity contribution in [1.29, 1.82) is 0 Å². The van der Waals surface area contributed by atoms with Crippen LogP contribution >= 0.6 is 0 Å². The minimum atomic E-state index is -0.796. The third-order valence-corrected chi connectivity index (χ3v) is 2.71. The molecular formula is C14H18N2O2. The van der Waals surface area contributed by atoms with Crippen LogP contribution in [0.15, 0.2) is 30.5 Å². The maximum atomic E-state index is 9.86. The molecule has 0 aliphatic heterocycles. The van der Waals surface area contributed by atoms with E-state index in [4.69, 9.17) is 0 Å². The Labute approximate surface area is 107 Å². The van der Waals surface area contributed by atoms with E-state index >= 15 is 0 Å².